The van der Waals surface area contributed by atoms with Crippen LogP contribution in [0.5, 0.6) is 28.7 Å². The first-order valence-electron chi connectivity index (χ1n) is 9.72. The number of esters is 1. The van der Waals surface area contributed by atoms with E-state index in [1.54, 1.807) is 24.3 Å². The Kier molecular flexibility index (Phi) is 5.73. The molecule has 0 amide bonds. The van der Waals surface area contributed by atoms with Crippen LogP contribution >= 0.6 is 0 Å². The highest BCUT2D eigenvalue weighted by molar-refractivity contribution is 5.95. The van der Waals surface area contributed by atoms with Crippen LogP contribution in [0.1, 0.15) is 5.56 Å². The van der Waals surface area contributed by atoms with Gasteiger partial charge in [-0.3, -0.25) is 4.79 Å². The molecule has 0 fully saturated rings. The molecule has 8 heteroatoms. The van der Waals surface area contributed by atoms with Crippen LogP contribution in [0.25, 0.3) is 28.4 Å². The molecule has 0 bridgehead atoms. The molecule has 33 heavy (non-hydrogen) atoms. The van der Waals surface area contributed by atoms with Gasteiger partial charge in [0, 0.05) is 23.8 Å². The first-order chi connectivity index (χ1) is 15.9. The van der Waals surface area contributed by atoms with E-state index in [0.717, 1.165) is 6.08 Å². The van der Waals surface area contributed by atoms with E-state index in [4.69, 9.17) is 13.9 Å². The summed E-state index contributed by atoms with van der Waals surface area (Å²) in [6.07, 6.45) is 2.60. The molecule has 1 aromatic heterocycles. The molecule has 0 aliphatic carbocycles. The maximum absolute atomic E-state index is 13.0. The number of carbonyl (C=O) groups is 1. The number of hydrogen-bond acceptors (Lipinski definition) is 8. The van der Waals surface area contributed by atoms with E-state index in [9.17, 15) is 24.9 Å². The minimum Gasteiger partial charge on any atom is -0.508 e. The minimum atomic E-state index is -0.824. The number of phenols is 3. The number of methoxy groups -OCH3 is 1. The van der Waals surface area contributed by atoms with Crippen LogP contribution < -0.4 is 14.9 Å². The Bertz CT molecular complexity index is 1410. The van der Waals surface area contributed by atoms with E-state index in [1.807, 2.05) is 0 Å². The Morgan fingerprint density at radius 1 is 0.909 bits per heavy atom. The molecule has 4 rings (SSSR count). The Labute approximate surface area is 187 Å². The van der Waals surface area contributed by atoms with E-state index < -0.39 is 11.4 Å². The molecule has 0 unspecified atom stereocenters. The second kappa shape index (κ2) is 8.80. The largest absolute Gasteiger partial charge is 0.508 e. The third-order valence-electron chi connectivity index (χ3n) is 4.77. The van der Waals surface area contributed by atoms with Gasteiger partial charge in [-0.1, -0.05) is 12.1 Å². The second-order valence-electron chi connectivity index (χ2n) is 7.00. The Morgan fingerprint density at radius 2 is 1.55 bits per heavy atom. The normalized spacial score (nSPS) is 11.1. The van der Waals surface area contributed by atoms with Crippen molar-refractivity contribution < 1.29 is 34.0 Å². The van der Waals surface area contributed by atoms with Gasteiger partial charge in [0.15, 0.2) is 16.9 Å². The first kappa shape index (κ1) is 21.5. The molecule has 4 aromatic rings. The molecule has 3 N–H and O–H groups in total. The van der Waals surface area contributed by atoms with E-state index in [1.165, 1.54) is 49.6 Å². The molecule has 0 radical (unpaired) electrons. The number of aromatic hydroxyl groups is 3. The maximum Gasteiger partial charge on any atom is 0.336 e. The summed E-state index contributed by atoms with van der Waals surface area (Å²) in [6.45, 7) is 0. The molecule has 0 saturated heterocycles. The standard InChI is InChI=1S/C25H18O8/c1-31-24-19(29)13-21-23(18(28)12-20(32-21)15-5-9-17(27)10-6-15)25(24)33-22(30)11-4-14-2-7-16(26)8-3-14/h2-13,26-27,29H,1H3/b11-4+. The van der Waals surface area contributed by atoms with Crippen molar-refractivity contribution in [3.63, 3.8) is 0 Å². The molecule has 0 aliphatic heterocycles. The highest BCUT2D eigenvalue weighted by atomic mass is 16.6. The predicted octanol–water partition coefficient (Wildman–Crippen LogP) is 4.20. The fraction of sp³-hybridized carbons (Fsp3) is 0.0400. The van der Waals surface area contributed by atoms with Crippen LogP contribution in [-0.2, 0) is 4.79 Å². The average Bonchev–Trinajstić information content (AvgIpc) is 2.79. The lowest BCUT2D eigenvalue weighted by atomic mass is 10.1. The van der Waals surface area contributed by atoms with E-state index in [-0.39, 0.29) is 45.5 Å². The maximum atomic E-state index is 13.0. The zero-order valence-electron chi connectivity index (χ0n) is 17.3. The molecular weight excluding hydrogens is 428 g/mol. The third-order valence-corrected chi connectivity index (χ3v) is 4.77. The Morgan fingerprint density at radius 3 is 2.18 bits per heavy atom. The Hall–Kier alpha value is -4.72. The quantitative estimate of drug-likeness (QED) is 0.236. The summed E-state index contributed by atoms with van der Waals surface area (Å²) in [5, 5.41) is 29.1. The van der Waals surface area contributed by atoms with Gasteiger partial charge >= 0.3 is 5.97 Å². The number of hydrogen-bond donors (Lipinski definition) is 3. The van der Waals surface area contributed by atoms with Crippen molar-refractivity contribution in [2.75, 3.05) is 7.11 Å². The summed E-state index contributed by atoms with van der Waals surface area (Å²) in [7, 11) is 1.26. The van der Waals surface area contributed by atoms with Gasteiger partial charge in [-0.25, -0.2) is 4.79 Å². The van der Waals surface area contributed by atoms with Gasteiger partial charge in [0.1, 0.15) is 28.2 Å². The van der Waals surface area contributed by atoms with Gasteiger partial charge < -0.3 is 29.2 Å². The minimum absolute atomic E-state index is 0.0193. The van der Waals surface area contributed by atoms with E-state index >= 15 is 0 Å². The highest BCUT2D eigenvalue weighted by Gasteiger charge is 2.22. The van der Waals surface area contributed by atoms with E-state index in [0.29, 0.717) is 11.1 Å². The topological polar surface area (TPSA) is 126 Å². The fourth-order valence-electron chi connectivity index (χ4n) is 3.20. The summed E-state index contributed by atoms with van der Waals surface area (Å²) in [5.74, 6) is -1.35. The van der Waals surface area contributed by atoms with Gasteiger partial charge in [0.05, 0.1) is 7.11 Å². The molecule has 3 aromatic carbocycles. The van der Waals surface area contributed by atoms with Gasteiger partial charge in [-0.05, 0) is 48.0 Å². The van der Waals surface area contributed by atoms with Gasteiger partial charge in [-0.15, -0.1) is 0 Å². The summed E-state index contributed by atoms with van der Waals surface area (Å²) in [6, 6.07) is 14.6. The molecule has 8 nitrogen and oxygen atoms in total. The number of rotatable bonds is 5. The van der Waals surface area contributed by atoms with Crippen molar-refractivity contribution in [3.8, 4) is 40.1 Å². The van der Waals surface area contributed by atoms with Crippen molar-refractivity contribution in [1.82, 2.24) is 0 Å². The van der Waals surface area contributed by atoms with Crippen molar-refractivity contribution in [2.45, 2.75) is 0 Å². The first-order valence-corrected chi connectivity index (χ1v) is 9.72. The number of benzene rings is 3. The molecule has 0 saturated carbocycles. The molecule has 0 aliphatic rings. The monoisotopic (exact) mass is 446 g/mol. The fourth-order valence-corrected chi connectivity index (χ4v) is 3.20. The van der Waals surface area contributed by atoms with Crippen LogP contribution in [0.15, 0.2) is 76.0 Å². The van der Waals surface area contributed by atoms with Crippen LogP contribution in [0, 0.1) is 0 Å². The summed E-state index contributed by atoms with van der Waals surface area (Å²) in [5.41, 5.74) is 0.616. The smallest absolute Gasteiger partial charge is 0.336 e. The third kappa shape index (κ3) is 4.49. The van der Waals surface area contributed by atoms with Crippen LogP contribution in [-0.4, -0.2) is 28.4 Å². The summed E-state index contributed by atoms with van der Waals surface area (Å²) in [4.78, 5) is 25.4. The molecule has 166 valence electrons. The lowest BCUT2D eigenvalue weighted by Crippen LogP contribution is -2.10. The SMILES string of the molecule is COc1c(O)cc2oc(-c3ccc(O)cc3)cc(=O)c2c1OC(=O)/C=C/c1ccc(O)cc1. The highest BCUT2D eigenvalue weighted by Crippen LogP contribution is 2.42. The van der Waals surface area contributed by atoms with Gasteiger partial charge in [0.25, 0.3) is 0 Å². The molecule has 0 spiro atoms. The molecule has 1 heterocycles. The number of fused-ring (bicyclic) bond motifs is 1. The number of phenolic OH excluding ortho intramolecular Hbond substituents is 3. The molecule has 0 atom stereocenters. The molecular formula is C25H18O8. The summed E-state index contributed by atoms with van der Waals surface area (Å²) < 4.78 is 16.3. The lowest BCUT2D eigenvalue weighted by molar-refractivity contribution is -0.128. The lowest BCUT2D eigenvalue weighted by Gasteiger charge is -2.13. The van der Waals surface area contributed by atoms with E-state index in [2.05, 4.69) is 0 Å². The van der Waals surface area contributed by atoms with Crippen LogP contribution in [0.2, 0.25) is 0 Å². The van der Waals surface area contributed by atoms with Gasteiger partial charge in [0.2, 0.25) is 5.75 Å². The average molecular weight is 446 g/mol. The van der Waals surface area contributed by atoms with Crippen molar-refractivity contribution in [1.29, 1.82) is 0 Å². The van der Waals surface area contributed by atoms with Gasteiger partial charge in [-0.2, -0.15) is 0 Å². The van der Waals surface area contributed by atoms with Crippen LogP contribution in [0.4, 0.5) is 0 Å². The zero-order valence-corrected chi connectivity index (χ0v) is 17.3. The zero-order chi connectivity index (χ0) is 23.5. The van der Waals surface area contributed by atoms with Crippen molar-refractivity contribution in [2.24, 2.45) is 0 Å². The van der Waals surface area contributed by atoms with Crippen LogP contribution in [0.3, 0.4) is 0 Å². The predicted molar refractivity (Wildman–Crippen MR) is 121 cm³/mol. The number of ether oxygens (including phenoxy) is 2. The van der Waals surface area contributed by atoms with Crippen molar-refractivity contribution in [3.05, 3.63) is 82.5 Å². The Balaban J connectivity index is 1.76. The van der Waals surface area contributed by atoms with Crippen molar-refractivity contribution >= 4 is 23.0 Å². The summed E-state index contributed by atoms with van der Waals surface area (Å²) >= 11 is 0. The second-order valence-corrected chi connectivity index (χ2v) is 7.00. The number of carbonyl (C=O) groups excluding carboxylic acids is 1.